The van der Waals surface area contributed by atoms with E-state index < -0.39 is 20.9 Å². The van der Waals surface area contributed by atoms with Crippen LogP contribution in [0.1, 0.15) is 41.5 Å². The molecule has 0 aromatic heterocycles. The number of benzene rings is 1. The Balaban J connectivity index is 3.55. The lowest BCUT2D eigenvalue weighted by Gasteiger charge is -2.19. The molecule has 0 atom stereocenters. The average Bonchev–Trinajstić information content (AvgIpc) is 2.49. The van der Waals surface area contributed by atoms with Crippen molar-refractivity contribution >= 4 is 22.3 Å². The van der Waals surface area contributed by atoms with E-state index in [0.717, 1.165) is 18.5 Å². The number of nitrogens with zero attached hydrogens (tertiary/aromatic N) is 2. The van der Waals surface area contributed by atoms with Gasteiger partial charge in [-0.3, -0.25) is 0 Å². The maximum Gasteiger partial charge on any atom is 0.212 e. The molecule has 0 saturated heterocycles. The maximum absolute atomic E-state index is 12.9. The monoisotopic (exact) mass is 366 g/mol. The lowest BCUT2D eigenvalue weighted by molar-refractivity contribution is -0.531. The quantitative estimate of drug-likeness (QED) is 0.355. The fourth-order valence-electron chi connectivity index (χ4n) is 1.61. The molecule has 0 bridgehead atoms. The first-order valence-electron chi connectivity index (χ1n) is 7.89. The van der Waals surface area contributed by atoms with Gasteiger partial charge in [0.05, 0.1) is 4.90 Å². The molecule has 0 aliphatic rings. The molecule has 25 heavy (non-hydrogen) atoms. The number of hydroxylamine groups is 2. The molecule has 0 aliphatic heterocycles. The van der Waals surface area contributed by atoms with Crippen LogP contribution < -0.4 is 0 Å². The predicted molar refractivity (Wildman–Crippen MR) is 101 cm³/mol. The summed E-state index contributed by atoms with van der Waals surface area (Å²) in [5, 5.41) is 24.3. The van der Waals surface area contributed by atoms with Crippen LogP contribution in [0, 0.1) is 10.4 Å². The van der Waals surface area contributed by atoms with E-state index in [4.69, 9.17) is 0 Å². The Morgan fingerprint density at radius 2 is 1.40 bits per heavy atom. The molecule has 1 rings (SSSR count). The van der Waals surface area contributed by atoms with Crippen LogP contribution in [0.3, 0.4) is 0 Å². The Hall–Kier alpha value is -2.15. The summed E-state index contributed by atoms with van der Waals surface area (Å²) >= 11 is 0. The summed E-state index contributed by atoms with van der Waals surface area (Å²) in [4.78, 5) is -0.185. The zero-order valence-electron chi connectivity index (χ0n) is 15.6. The second-order valence-electron chi connectivity index (χ2n) is 7.66. The van der Waals surface area contributed by atoms with E-state index in [2.05, 4.69) is 0 Å². The molecule has 0 aliphatic carbocycles. The summed E-state index contributed by atoms with van der Waals surface area (Å²) < 4.78 is 26.9. The normalized spacial score (nSPS) is 15.4. The number of allylic oxidation sites excluding steroid dienone is 2. The minimum absolute atomic E-state index is 0.0569. The number of hydrogen-bond acceptors (Lipinski definition) is 4. The number of rotatable bonds is 4. The third kappa shape index (κ3) is 5.70. The van der Waals surface area contributed by atoms with Crippen molar-refractivity contribution in [2.24, 2.45) is 0 Å². The first-order chi connectivity index (χ1) is 11.3. The summed E-state index contributed by atoms with van der Waals surface area (Å²) in [6.07, 6.45) is 3.30. The molecule has 0 amide bonds. The van der Waals surface area contributed by atoms with E-state index in [1.165, 1.54) is 12.1 Å². The van der Waals surface area contributed by atoms with Crippen molar-refractivity contribution in [3.63, 3.8) is 0 Å². The van der Waals surface area contributed by atoms with Gasteiger partial charge < -0.3 is 10.4 Å². The molecule has 0 spiro atoms. The smallest absolute Gasteiger partial charge is 0.212 e. The highest BCUT2D eigenvalue weighted by atomic mass is 32.2. The van der Waals surface area contributed by atoms with Gasteiger partial charge in [0.1, 0.15) is 4.91 Å². The zero-order chi connectivity index (χ0) is 19.5. The Kier molecular flexibility index (Phi) is 6.18. The van der Waals surface area contributed by atoms with Gasteiger partial charge >= 0.3 is 0 Å². The van der Waals surface area contributed by atoms with Gasteiger partial charge in [-0.15, -0.1) is 0 Å². The van der Waals surface area contributed by atoms with Gasteiger partial charge in [0, 0.05) is 47.6 Å². The Bertz CT molecular complexity index is 794. The third-order valence-corrected chi connectivity index (χ3v) is 5.06. The molecule has 138 valence electrons. The van der Waals surface area contributed by atoms with E-state index >= 15 is 0 Å². The highest BCUT2D eigenvalue weighted by Gasteiger charge is 2.26. The molecule has 1 aromatic rings. The van der Waals surface area contributed by atoms with Crippen molar-refractivity contribution in [1.82, 2.24) is 0 Å². The molecular weight excluding hydrogens is 340 g/mol. The van der Waals surface area contributed by atoms with Crippen LogP contribution >= 0.6 is 0 Å². The van der Waals surface area contributed by atoms with Gasteiger partial charge in [0.25, 0.3) is 0 Å². The van der Waals surface area contributed by atoms with Gasteiger partial charge in [-0.2, -0.15) is 0 Å². The van der Waals surface area contributed by atoms with Crippen LogP contribution in [0.5, 0.6) is 0 Å². The van der Waals surface area contributed by atoms with Crippen LogP contribution in [0.25, 0.3) is 0 Å². The van der Waals surface area contributed by atoms with Crippen molar-refractivity contribution in [3.8, 4) is 0 Å². The first-order valence-corrected chi connectivity index (χ1v) is 9.37. The second-order valence-corrected chi connectivity index (χ2v) is 9.61. The van der Waals surface area contributed by atoms with Crippen LogP contribution in [-0.4, -0.2) is 41.4 Å². The van der Waals surface area contributed by atoms with Crippen molar-refractivity contribution in [2.45, 2.75) is 57.5 Å². The first kappa shape index (κ1) is 20.9. The fraction of sp³-hybridized carbons (Fsp3) is 0.444. The Morgan fingerprint density at radius 3 is 1.84 bits per heavy atom. The summed E-state index contributed by atoms with van der Waals surface area (Å²) in [7, 11) is -3.93. The largest absolute Gasteiger partial charge is 0.623 e. The zero-order valence-corrected chi connectivity index (χ0v) is 16.4. The van der Waals surface area contributed by atoms with Crippen LogP contribution in [0.15, 0.2) is 46.2 Å². The molecule has 0 N–H and O–H groups in total. The van der Waals surface area contributed by atoms with Crippen molar-refractivity contribution in [3.05, 3.63) is 51.7 Å². The average molecular weight is 366 g/mol. The number of hydrogen-bond donors (Lipinski definition) is 0. The Morgan fingerprint density at radius 1 is 0.920 bits per heavy atom. The lowest BCUT2D eigenvalue weighted by Crippen LogP contribution is -2.31. The van der Waals surface area contributed by atoms with Gasteiger partial charge in [-0.05, 0) is 12.1 Å². The van der Waals surface area contributed by atoms with Gasteiger partial charge in [-0.1, -0.05) is 18.2 Å². The van der Waals surface area contributed by atoms with Gasteiger partial charge in [0.15, 0.2) is 23.5 Å². The maximum atomic E-state index is 12.9. The standard InChI is InChI=1S/C18H26N2O4S/c1-17(2,3)19(21)13-12-16(14-20(22)18(4,5)6)25(23,24)15-10-8-7-9-11-15/h7-14H,1-6H3/b16-12-,19-13-,20-14+. The topological polar surface area (TPSA) is 86.3 Å². The highest BCUT2D eigenvalue weighted by molar-refractivity contribution is 7.96. The molecule has 0 unspecified atom stereocenters. The van der Waals surface area contributed by atoms with Crippen LogP contribution in [0.2, 0.25) is 0 Å². The molecule has 1 aromatic carbocycles. The predicted octanol–water partition coefficient (Wildman–Crippen LogP) is 3.10. The summed E-state index contributed by atoms with van der Waals surface area (Å²) in [6, 6.07) is 7.79. The lowest BCUT2D eigenvalue weighted by atomic mass is 10.1. The highest BCUT2D eigenvalue weighted by Crippen LogP contribution is 2.18. The van der Waals surface area contributed by atoms with E-state index in [0.29, 0.717) is 9.48 Å². The number of sulfone groups is 1. The molecule has 7 heteroatoms. The molecule has 0 radical (unpaired) electrons. The summed E-state index contributed by atoms with van der Waals surface area (Å²) in [5.74, 6) is 0. The SMILES string of the molecule is CC(C)(C)/[N+]([O-])=C/C=C(/C=[N+](/[O-])C(C)(C)C)S(=O)(=O)c1ccccc1. The van der Waals surface area contributed by atoms with E-state index in [-0.39, 0.29) is 9.80 Å². The van der Waals surface area contributed by atoms with Crippen molar-refractivity contribution in [1.29, 1.82) is 0 Å². The van der Waals surface area contributed by atoms with Crippen LogP contribution in [0.4, 0.5) is 0 Å². The van der Waals surface area contributed by atoms with Crippen molar-refractivity contribution < 1.29 is 17.9 Å². The van der Waals surface area contributed by atoms with E-state index in [1.807, 2.05) is 0 Å². The minimum Gasteiger partial charge on any atom is -0.623 e. The second kappa shape index (κ2) is 7.39. The molecule has 0 fully saturated rings. The Labute approximate surface area is 149 Å². The van der Waals surface area contributed by atoms with Crippen molar-refractivity contribution in [2.75, 3.05) is 0 Å². The molecular formula is C18H26N2O4S. The third-order valence-electron chi connectivity index (χ3n) is 3.30. The van der Waals surface area contributed by atoms with E-state index in [1.54, 1.807) is 59.7 Å². The minimum atomic E-state index is -3.93. The van der Waals surface area contributed by atoms with Gasteiger partial charge in [-0.25, -0.2) is 17.9 Å². The molecule has 0 saturated carbocycles. The fourth-order valence-corrected chi connectivity index (χ4v) is 2.87. The summed E-state index contributed by atoms with van der Waals surface area (Å²) in [5.41, 5.74) is -1.54. The van der Waals surface area contributed by atoms with Gasteiger partial charge in [0.2, 0.25) is 9.84 Å². The molecule has 0 heterocycles. The van der Waals surface area contributed by atoms with E-state index in [9.17, 15) is 18.8 Å². The summed E-state index contributed by atoms with van der Waals surface area (Å²) in [6.45, 7) is 10.1. The molecule has 6 nitrogen and oxygen atoms in total. The van der Waals surface area contributed by atoms with Crippen LogP contribution in [-0.2, 0) is 9.84 Å².